The third kappa shape index (κ3) is 2.91. The lowest BCUT2D eigenvalue weighted by atomic mass is 10.1. The number of rotatable bonds is 4. The van der Waals surface area contributed by atoms with Crippen LogP contribution in [0, 0.1) is 0 Å². The van der Waals surface area contributed by atoms with Crippen LogP contribution in [0.1, 0.15) is 5.56 Å². The van der Waals surface area contributed by atoms with Crippen molar-refractivity contribution in [1.82, 2.24) is 4.90 Å². The van der Waals surface area contributed by atoms with Crippen molar-refractivity contribution in [3.8, 4) is 5.75 Å². The molecule has 2 rings (SSSR count). The summed E-state index contributed by atoms with van der Waals surface area (Å²) in [6.07, 6.45) is 0.566. The number of amides is 1. The van der Waals surface area contributed by atoms with E-state index in [1.165, 1.54) is 0 Å². The number of ether oxygens (including phenoxy) is 2. The van der Waals surface area contributed by atoms with E-state index in [1.54, 1.807) is 12.0 Å². The molecule has 0 aliphatic carbocycles. The molecule has 1 amide bonds. The Morgan fingerprint density at radius 2 is 2.35 bits per heavy atom. The zero-order valence-electron chi connectivity index (χ0n) is 9.61. The minimum absolute atomic E-state index is 0.219. The van der Waals surface area contributed by atoms with E-state index in [1.807, 2.05) is 18.2 Å². The van der Waals surface area contributed by atoms with E-state index >= 15 is 0 Å². The van der Waals surface area contributed by atoms with Crippen LogP contribution in [0.4, 0.5) is 4.79 Å². The first-order chi connectivity index (χ1) is 8.20. The second kappa shape index (κ2) is 5.40. The second-order valence-corrected chi connectivity index (χ2v) is 4.66. The summed E-state index contributed by atoms with van der Waals surface area (Å²) in [6, 6.07) is 5.83. The molecule has 0 atom stereocenters. The fourth-order valence-corrected chi connectivity index (χ4v) is 2.20. The van der Waals surface area contributed by atoms with Gasteiger partial charge in [-0.1, -0.05) is 15.9 Å². The number of hydrogen-bond acceptors (Lipinski definition) is 3. The number of nitrogens with zero attached hydrogens (tertiary/aromatic N) is 1. The van der Waals surface area contributed by atoms with E-state index in [4.69, 9.17) is 9.47 Å². The lowest BCUT2D eigenvalue weighted by Gasteiger charge is -2.13. The van der Waals surface area contributed by atoms with Gasteiger partial charge in [0.15, 0.2) is 0 Å². The maximum atomic E-state index is 11.3. The molecule has 0 unspecified atom stereocenters. The van der Waals surface area contributed by atoms with Crippen LogP contribution in [0.25, 0.3) is 0 Å². The average Bonchev–Trinajstić information content (AvgIpc) is 2.74. The number of halogens is 1. The van der Waals surface area contributed by atoms with Crippen molar-refractivity contribution in [2.75, 3.05) is 26.8 Å². The number of cyclic esters (lactones) is 1. The number of carbonyl (C=O) groups is 1. The van der Waals surface area contributed by atoms with Gasteiger partial charge in [-0.3, -0.25) is 0 Å². The monoisotopic (exact) mass is 299 g/mol. The number of methoxy groups -OCH3 is 1. The van der Waals surface area contributed by atoms with E-state index in [0.717, 1.165) is 22.2 Å². The molecule has 0 N–H and O–H groups in total. The van der Waals surface area contributed by atoms with Crippen LogP contribution in [-0.4, -0.2) is 37.8 Å². The van der Waals surface area contributed by atoms with Gasteiger partial charge in [0.1, 0.15) is 12.4 Å². The van der Waals surface area contributed by atoms with Gasteiger partial charge >= 0.3 is 6.09 Å². The van der Waals surface area contributed by atoms with Crippen LogP contribution >= 0.6 is 15.9 Å². The lowest BCUT2D eigenvalue weighted by Crippen LogP contribution is -2.26. The second-order valence-electron chi connectivity index (χ2n) is 3.81. The molecule has 0 radical (unpaired) electrons. The summed E-state index contributed by atoms with van der Waals surface area (Å²) in [5.41, 5.74) is 1.13. The van der Waals surface area contributed by atoms with Gasteiger partial charge in [-0.05, 0) is 30.2 Å². The Morgan fingerprint density at radius 3 is 3.00 bits per heavy atom. The zero-order chi connectivity index (χ0) is 12.3. The third-order valence-corrected chi connectivity index (χ3v) is 3.52. The first-order valence-corrected chi connectivity index (χ1v) is 6.24. The third-order valence-electron chi connectivity index (χ3n) is 2.75. The van der Waals surface area contributed by atoms with E-state index in [-0.39, 0.29) is 6.09 Å². The molecule has 0 saturated carbocycles. The highest BCUT2D eigenvalue weighted by atomic mass is 79.9. The summed E-state index contributed by atoms with van der Waals surface area (Å²) >= 11 is 3.49. The normalized spacial score (nSPS) is 14.9. The lowest BCUT2D eigenvalue weighted by molar-refractivity contribution is 0.158. The van der Waals surface area contributed by atoms with Crippen LogP contribution in [0.5, 0.6) is 5.75 Å². The Hall–Kier alpha value is -1.23. The zero-order valence-corrected chi connectivity index (χ0v) is 11.2. The summed E-state index contributed by atoms with van der Waals surface area (Å²) in [5.74, 6) is 0.826. The molecule has 92 valence electrons. The van der Waals surface area contributed by atoms with E-state index in [9.17, 15) is 4.79 Å². The van der Waals surface area contributed by atoms with Crippen molar-refractivity contribution in [1.29, 1.82) is 0 Å². The molecule has 1 aromatic carbocycles. The molecule has 1 aliphatic heterocycles. The van der Waals surface area contributed by atoms with Crippen molar-refractivity contribution < 1.29 is 14.3 Å². The van der Waals surface area contributed by atoms with Crippen LogP contribution in [0.3, 0.4) is 0 Å². The minimum Gasteiger partial charge on any atom is -0.497 e. The van der Waals surface area contributed by atoms with Crippen molar-refractivity contribution >= 4 is 22.0 Å². The average molecular weight is 300 g/mol. The van der Waals surface area contributed by atoms with Crippen LogP contribution < -0.4 is 4.74 Å². The number of benzene rings is 1. The van der Waals surface area contributed by atoms with Crippen LogP contribution in [-0.2, 0) is 11.2 Å². The van der Waals surface area contributed by atoms with Gasteiger partial charge in [-0.2, -0.15) is 0 Å². The predicted molar refractivity (Wildman–Crippen MR) is 67.3 cm³/mol. The molecule has 0 spiro atoms. The predicted octanol–water partition coefficient (Wildman–Crippen LogP) is 2.45. The molecule has 1 heterocycles. The molecule has 4 nitrogen and oxygen atoms in total. The largest absolute Gasteiger partial charge is 0.497 e. The molecular weight excluding hydrogens is 286 g/mol. The van der Waals surface area contributed by atoms with E-state index in [2.05, 4.69) is 15.9 Å². The van der Waals surface area contributed by atoms with E-state index < -0.39 is 0 Å². The molecule has 0 aromatic heterocycles. The molecule has 17 heavy (non-hydrogen) atoms. The maximum Gasteiger partial charge on any atom is 0.409 e. The smallest absolute Gasteiger partial charge is 0.409 e. The number of carbonyl (C=O) groups excluding carboxylic acids is 1. The molecular formula is C12H14BrNO3. The minimum atomic E-state index is -0.219. The molecule has 1 aromatic rings. The van der Waals surface area contributed by atoms with Gasteiger partial charge in [0.05, 0.1) is 13.7 Å². The van der Waals surface area contributed by atoms with Crippen LogP contribution in [0.2, 0.25) is 0 Å². The van der Waals surface area contributed by atoms with Gasteiger partial charge in [-0.15, -0.1) is 0 Å². The van der Waals surface area contributed by atoms with Crippen molar-refractivity contribution in [3.63, 3.8) is 0 Å². The molecule has 5 heteroatoms. The SMILES string of the molecule is COc1ccc(Br)c(CCN2CCOC2=O)c1. The first kappa shape index (κ1) is 12.2. The Kier molecular flexibility index (Phi) is 3.89. The number of hydrogen-bond donors (Lipinski definition) is 0. The van der Waals surface area contributed by atoms with Gasteiger partial charge in [0.2, 0.25) is 0 Å². The van der Waals surface area contributed by atoms with Gasteiger partial charge in [0, 0.05) is 11.0 Å². The Labute approximate surface area is 109 Å². The fourth-order valence-electron chi connectivity index (χ4n) is 1.75. The van der Waals surface area contributed by atoms with Gasteiger partial charge in [-0.25, -0.2) is 4.79 Å². The molecule has 1 aliphatic rings. The Morgan fingerprint density at radius 1 is 1.53 bits per heavy atom. The summed E-state index contributed by atoms with van der Waals surface area (Å²) in [4.78, 5) is 13.0. The van der Waals surface area contributed by atoms with Crippen molar-refractivity contribution in [2.45, 2.75) is 6.42 Å². The highest BCUT2D eigenvalue weighted by Gasteiger charge is 2.21. The van der Waals surface area contributed by atoms with Crippen molar-refractivity contribution in [2.24, 2.45) is 0 Å². The fraction of sp³-hybridized carbons (Fsp3) is 0.417. The van der Waals surface area contributed by atoms with Gasteiger partial charge < -0.3 is 14.4 Å². The summed E-state index contributed by atoms with van der Waals surface area (Å²) in [5, 5.41) is 0. The quantitative estimate of drug-likeness (QED) is 0.857. The molecule has 0 bridgehead atoms. The standard InChI is InChI=1S/C12H14BrNO3/c1-16-10-2-3-11(13)9(8-10)4-5-14-6-7-17-12(14)15/h2-3,8H,4-7H2,1H3. The summed E-state index contributed by atoms with van der Waals surface area (Å²) in [6.45, 7) is 1.85. The maximum absolute atomic E-state index is 11.3. The van der Waals surface area contributed by atoms with E-state index in [0.29, 0.717) is 19.7 Å². The van der Waals surface area contributed by atoms with Gasteiger partial charge in [0.25, 0.3) is 0 Å². The highest BCUT2D eigenvalue weighted by molar-refractivity contribution is 9.10. The molecule has 1 saturated heterocycles. The topological polar surface area (TPSA) is 38.8 Å². The molecule has 1 fully saturated rings. The Bertz CT molecular complexity index is 422. The first-order valence-electron chi connectivity index (χ1n) is 5.45. The van der Waals surface area contributed by atoms with Crippen molar-refractivity contribution in [3.05, 3.63) is 28.2 Å². The highest BCUT2D eigenvalue weighted by Crippen LogP contribution is 2.23. The Balaban J connectivity index is 2.00. The summed E-state index contributed by atoms with van der Waals surface area (Å²) < 4.78 is 11.1. The van der Waals surface area contributed by atoms with Crippen LogP contribution in [0.15, 0.2) is 22.7 Å². The summed E-state index contributed by atoms with van der Waals surface area (Å²) in [7, 11) is 1.64.